The van der Waals surface area contributed by atoms with Gasteiger partial charge in [-0.2, -0.15) is 0 Å². The summed E-state index contributed by atoms with van der Waals surface area (Å²) >= 11 is 3.39. The number of para-hydroxylation sites is 2. The lowest BCUT2D eigenvalue weighted by Crippen LogP contribution is -2.39. The number of nitrogens with one attached hydrogen (secondary N) is 1. The average molecular weight is 362 g/mol. The first-order valence-electron chi connectivity index (χ1n) is 7.10. The van der Waals surface area contributed by atoms with Gasteiger partial charge in [-0.25, -0.2) is 0 Å². The van der Waals surface area contributed by atoms with Crippen molar-refractivity contribution in [2.45, 2.75) is 6.42 Å². The van der Waals surface area contributed by atoms with Crippen molar-refractivity contribution in [3.8, 4) is 5.75 Å². The Kier molecular flexibility index (Phi) is 4.58. The summed E-state index contributed by atoms with van der Waals surface area (Å²) < 4.78 is 6.37. The second kappa shape index (κ2) is 6.79. The van der Waals surface area contributed by atoms with Crippen LogP contribution in [0.4, 0.5) is 11.4 Å². The number of halogens is 1. The molecule has 1 aromatic carbocycles. The Morgan fingerprint density at radius 3 is 3.05 bits per heavy atom. The lowest BCUT2D eigenvalue weighted by atomic mass is 10.2. The van der Waals surface area contributed by atoms with Crippen LogP contribution in [0.3, 0.4) is 0 Å². The van der Waals surface area contributed by atoms with Gasteiger partial charge in [0, 0.05) is 23.8 Å². The number of amides is 1. The molecule has 0 unspecified atom stereocenters. The van der Waals surface area contributed by atoms with Crippen LogP contribution in [0.25, 0.3) is 0 Å². The van der Waals surface area contributed by atoms with Crippen LogP contribution in [-0.4, -0.2) is 30.6 Å². The van der Waals surface area contributed by atoms with E-state index in [-0.39, 0.29) is 12.5 Å². The number of carbonyl (C=O) groups is 1. The van der Waals surface area contributed by atoms with Gasteiger partial charge in [-0.1, -0.05) is 12.1 Å². The quantitative estimate of drug-likeness (QED) is 0.831. The maximum absolute atomic E-state index is 12.0. The zero-order valence-corrected chi connectivity index (χ0v) is 13.5. The third-order valence-electron chi connectivity index (χ3n) is 3.40. The Morgan fingerprint density at radius 2 is 2.18 bits per heavy atom. The molecule has 5 nitrogen and oxygen atoms in total. The zero-order valence-electron chi connectivity index (χ0n) is 12.0. The summed E-state index contributed by atoms with van der Waals surface area (Å²) in [5, 5.41) is 3.30. The molecule has 2 aromatic rings. The fraction of sp³-hybridized carbons (Fsp3) is 0.250. The van der Waals surface area contributed by atoms with Gasteiger partial charge >= 0.3 is 0 Å². The van der Waals surface area contributed by atoms with Crippen LogP contribution in [-0.2, 0) is 4.79 Å². The first-order valence-corrected chi connectivity index (χ1v) is 7.90. The van der Waals surface area contributed by atoms with E-state index in [9.17, 15) is 4.79 Å². The van der Waals surface area contributed by atoms with E-state index < -0.39 is 0 Å². The Labute approximate surface area is 137 Å². The lowest BCUT2D eigenvalue weighted by molar-refractivity contribution is -0.121. The predicted octanol–water partition coefficient (Wildman–Crippen LogP) is 3.07. The van der Waals surface area contributed by atoms with E-state index in [2.05, 4.69) is 26.2 Å². The maximum atomic E-state index is 12.0. The number of aromatic nitrogens is 1. The van der Waals surface area contributed by atoms with E-state index in [1.807, 2.05) is 30.3 Å². The van der Waals surface area contributed by atoms with Crippen molar-refractivity contribution in [3.63, 3.8) is 0 Å². The van der Waals surface area contributed by atoms with Crippen molar-refractivity contribution < 1.29 is 9.53 Å². The number of carbonyl (C=O) groups excluding carboxylic acids is 1. The van der Waals surface area contributed by atoms with Gasteiger partial charge in [-0.3, -0.25) is 9.78 Å². The molecule has 1 aliphatic rings. The molecule has 2 heterocycles. The highest BCUT2D eigenvalue weighted by Gasteiger charge is 2.24. The summed E-state index contributed by atoms with van der Waals surface area (Å²) in [6.45, 7) is 1.54. The minimum absolute atomic E-state index is 0.00261. The number of pyridine rings is 1. The highest BCUT2D eigenvalue weighted by Crippen LogP contribution is 2.31. The van der Waals surface area contributed by atoms with Crippen LogP contribution < -0.4 is 15.0 Å². The first kappa shape index (κ1) is 14.8. The minimum Gasteiger partial charge on any atom is -0.482 e. The van der Waals surface area contributed by atoms with E-state index in [0.717, 1.165) is 34.6 Å². The van der Waals surface area contributed by atoms with Crippen LogP contribution in [0.1, 0.15) is 6.42 Å². The van der Waals surface area contributed by atoms with Crippen LogP contribution >= 0.6 is 15.9 Å². The van der Waals surface area contributed by atoms with Crippen molar-refractivity contribution in [3.05, 3.63) is 47.2 Å². The Hall–Kier alpha value is -2.08. The molecule has 1 N–H and O–H groups in total. The standard InChI is InChI=1S/C16H16BrN3O2/c17-12-8-13(10-18-9-12)19-6-3-7-20-14-4-1-2-5-15(14)22-11-16(20)21/h1-2,4-5,8-10,19H,3,6-7,11H2. The van der Waals surface area contributed by atoms with E-state index in [0.29, 0.717) is 6.54 Å². The number of fused-ring (bicyclic) bond motifs is 1. The molecule has 0 atom stereocenters. The summed E-state index contributed by atoms with van der Waals surface area (Å²) in [6, 6.07) is 9.61. The van der Waals surface area contributed by atoms with Crippen LogP contribution in [0, 0.1) is 0 Å². The van der Waals surface area contributed by atoms with Gasteiger partial charge in [0.25, 0.3) is 5.91 Å². The van der Waals surface area contributed by atoms with Gasteiger partial charge in [0.15, 0.2) is 6.61 Å². The lowest BCUT2D eigenvalue weighted by Gasteiger charge is -2.29. The summed E-state index contributed by atoms with van der Waals surface area (Å²) in [7, 11) is 0. The highest BCUT2D eigenvalue weighted by atomic mass is 79.9. The number of hydrogen-bond donors (Lipinski definition) is 1. The molecule has 0 spiro atoms. The number of nitrogens with zero attached hydrogens (tertiary/aromatic N) is 2. The molecule has 22 heavy (non-hydrogen) atoms. The molecular weight excluding hydrogens is 346 g/mol. The fourth-order valence-electron chi connectivity index (χ4n) is 2.38. The topological polar surface area (TPSA) is 54.5 Å². The molecule has 0 bridgehead atoms. The molecule has 114 valence electrons. The Morgan fingerprint density at radius 1 is 1.32 bits per heavy atom. The molecule has 0 radical (unpaired) electrons. The molecule has 0 aliphatic carbocycles. The van der Waals surface area contributed by atoms with E-state index in [1.165, 1.54) is 0 Å². The molecular formula is C16H16BrN3O2. The molecule has 0 saturated carbocycles. The fourth-order valence-corrected chi connectivity index (χ4v) is 2.74. The van der Waals surface area contributed by atoms with Crippen molar-refractivity contribution >= 4 is 33.2 Å². The summed E-state index contributed by atoms with van der Waals surface area (Å²) in [6.07, 6.45) is 4.36. The summed E-state index contributed by atoms with van der Waals surface area (Å²) in [5.74, 6) is 0.772. The summed E-state index contributed by atoms with van der Waals surface area (Å²) in [5.41, 5.74) is 1.81. The molecule has 1 aliphatic heterocycles. The van der Waals surface area contributed by atoms with Gasteiger partial charge in [-0.15, -0.1) is 0 Å². The highest BCUT2D eigenvalue weighted by molar-refractivity contribution is 9.10. The second-order valence-electron chi connectivity index (χ2n) is 4.97. The third-order valence-corrected chi connectivity index (χ3v) is 3.83. The van der Waals surface area contributed by atoms with Gasteiger partial charge < -0.3 is 15.0 Å². The van der Waals surface area contributed by atoms with Gasteiger partial charge in [0.2, 0.25) is 0 Å². The number of ether oxygens (including phenoxy) is 1. The molecule has 0 saturated heterocycles. The Balaban J connectivity index is 1.56. The first-order chi connectivity index (χ1) is 10.7. The third kappa shape index (κ3) is 3.39. The van der Waals surface area contributed by atoms with Crippen LogP contribution in [0.2, 0.25) is 0 Å². The number of anilines is 2. The second-order valence-corrected chi connectivity index (χ2v) is 5.89. The van der Waals surface area contributed by atoms with Crippen LogP contribution in [0.5, 0.6) is 5.75 Å². The van der Waals surface area contributed by atoms with Crippen molar-refractivity contribution in [1.29, 1.82) is 0 Å². The molecule has 6 heteroatoms. The normalized spacial score (nSPS) is 13.5. The average Bonchev–Trinajstić information content (AvgIpc) is 2.53. The Bertz CT molecular complexity index is 678. The van der Waals surface area contributed by atoms with E-state index in [1.54, 1.807) is 17.3 Å². The number of benzene rings is 1. The number of rotatable bonds is 5. The minimum atomic E-state index is 0.00261. The van der Waals surface area contributed by atoms with Crippen molar-refractivity contribution in [2.75, 3.05) is 29.9 Å². The summed E-state index contributed by atoms with van der Waals surface area (Å²) in [4.78, 5) is 17.9. The smallest absolute Gasteiger partial charge is 0.265 e. The van der Waals surface area contributed by atoms with E-state index in [4.69, 9.17) is 4.74 Å². The van der Waals surface area contributed by atoms with Gasteiger partial charge in [0.05, 0.1) is 17.6 Å². The van der Waals surface area contributed by atoms with Crippen LogP contribution in [0.15, 0.2) is 47.2 Å². The maximum Gasteiger partial charge on any atom is 0.265 e. The van der Waals surface area contributed by atoms with Crippen molar-refractivity contribution in [2.24, 2.45) is 0 Å². The number of hydrogen-bond acceptors (Lipinski definition) is 4. The molecule has 3 rings (SSSR count). The SMILES string of the molecule is O=C1COc2ccccc2N1CCCNc1cncc(Br)c1. The molecule has 1 amide bonds. The van der Waals surface area contributed by atoms with Gasteiger partial charge in [-0.05, 0) is 40.5 Å². The van der Waals surface area contributed by atoms with Gasteiger partial charge in [0.1, 0.15) is 5.75 Å². The largest absolute Gasteiger partial charge is 0.482 e. The van der Waals surface area contributed by atoms with Crippen molar-refractivity contribution in [1.82, 2.24) is 4.98 Å². The monoisotopic (exact) mass is 361 g/mol. The predicted molar refractivity (Wildman–Crippen MR) is 89.3 cm³/mol. The van der Waals surface area contributed by atoms with E-state index >= 15 is 0 Å². The molecule has 0 fully saturated rings. The zero-order chi connectivity index (χ0) is 15.4. The molecule has 1 aromatic heterocycles.